The number of thiophene rings is 1. The molecule has 0 unspecified atom stereocenters. The van der Waals surface area contributed by atoms with Gasteiger partial charge in [0.05, 0.1) is 32.5 Å². The third-order valence-electron chi connectivity index (χ3n) is 4.97. The van der Waals surface area contributed by atoms with E-state index in [-0.39, 0.29) is 5.56 Å². The van der Waals surface area contributed by atoms with Crippen molar-refractivity contribution in [1.82, 2.24) is 9.55 Å². The highest BCUT2D eigenvalue weighted by Gasteiger charge is 2.19. The summed E-state index contributed by atoms with van der Waals surface area (Å²) in [5.74, 6) is 1.74. The predicted molar refractivity (Wildman–Crippen MR) is 106 cm³/mol. The van der Waals surface area contributed by atoms with E-state index < -0.39 is 0 Å². The fourth-order valence-corrected chi connectivity index (χ4v) is 4.44. The predicted octanol–water partition coefficient (Wildman–Crippen LogP) is 3.57. The molecule has 142 valence electrons. The fourth-order valence-electron chi connectivity index (χ4n) is 3.55. The maximum Gasteiger partial charge on any atom is 0.262 e. The summed E-state index contributed by atoms with van der Waals surface area (Å²) in [5, 5.41) is 2.61. The lowest BCUT2D eigenvalue weighted by Gasteiger charge is -2.22. The molecule has 1 saturated heterocycles. The van der Waals surface area contributed by atoms with Gasteiger partial charge in [0.1, 0.15) is 16.3 Å². The van der Waals surface area contributed by atoms with Gasteiger partial charge in [-0.1, -0.05) is 0 Å². The van der Waals surface area contributed by atoms with Gasteiger partial charge in [-0.2, -0.15) is 0 Å². The molecule has 0 spiro atoms. The van der Waals surface area contributed by atoms with E-state index >= 15 is 0 Å². The van der Waals surface area contributed by atoms with Gasteiger partial charge < -0.3 is 14.2 Å². The molecule has 1 atom stereocenters. The van der Waals surface area contributed by atoms with Crippen molar-refractivity contribution in [1.29, 1.82) is 0 Å². The van der Waals surface area contributed by atoms with Gasteiger partial charge in [0.2, 0.25) is 0 Å². The molecule has 1 fully saturated rings. The second kappa shape index (κ2) is 7.70. The standard InChI is InChI=1S/C20H22N2O4S/c1-24-14-5-6-15(17(8-14)25-2)16-11-27-19-18(16)20(23)22(12-21-19)9-13-4-3-7-26-10-13/h5-6,8,11-13H,3-4,7,9-10H2,1-2H3/t13-/m0/s1. The third kappa shape index (κ3) is 3.44. The van der Waals surface area contributed by atoms with Gasteiger partial charge in [0.15, 0.2) is 0 Å². The molecule has 0 bridgehead atoms. The van der Waals surface area contributed by atoms with Crippen LogP contribution in [0.25, 0.3) is 21.3 Å². The van der Waals surface area contributed by atoms with Crippen molar-refractivity contribution in [3.05, 3.63) is 40.3 Å². The summed E-state index contributed by atoms with van der Waals surface area (Å²) in [4.78, 5) is 18.5. The molecule has 7 heteroatoms. The van der Waals surface area contributed by atoms with Crippen LogP contribution >= 0.6 is 11.3 Å². The van der Waals surface area contributed by atoms with Crippen LogP contribution in [0.15, 0.2) is 34.7 Å². The van der Waals surface area contributed by atoms with Gasteiger partial charge in [0, 0.05) is 41.6 Å². The zero-order chi connectivity index (χ0) is 18.8. The van der Waals surface area contributed by atoms with Crippen LogP contribution in [0.2, 0.25) is 0 Å². The Hall–Kier alpha value is -2.38. The second-order valence-corrected chi connectivity index (χ2v) is 7.54. The van der Waals surface area contributed by atoms with Crippen LogP contribution in [-0.2, 0) is 11.3 Å². The van der Waals surface area contributed by atoms with Gasteiger partial charge in [-0.15, -0.1) is 11.3 Å². The molecular weight excluding hydrogens is 364 g/mol. The first kappa shape index (κ1) is 18.0. The van der Waals surface area contributed by atoms with Gasteiger partial charge in [-0.3, -0.25) is 9.36 Å². The topological polar surface area (TPSA) is 62.6 Å². The molecule has 1 aromatic carbocycles. The van der Waals surface area contributed by atoms with E-state index in [4.69, 9.17) is 14.2 Å². The van der Waals surface area contributed by atoms with E-state index in [9.17, 15) is 4.79 Å². The number of hydrogen-bond donors (Lipinski definition) is 0. The molecule has 4 rings (SSSR count). The number of ether oxygens (including phenoxy) is 3. The highest BCUT2D eigenvalue weighted by molar-refractivity contribution is 7.17. The highest BCUT2D eigenvalue weighted by Crippen LogP contribution is 2.38. The summed E-state index contributed by atoms with van der Waals surface area (Å²) < 4.78 is 18.1. The van der Waals surface area contributed by atoms with E-state index in [1.807, 2.05) is 23.6 Å². The van der Waals surface area contributed by atoms with Crippen molar-refractivity contribution in [2.45, 2.75) is 19.4 Å². The Morgan fingerprint density at radius 3 is 2.93 bits per heavy atom. The Balaban J connectivity index is 1.78. The van der Waals surface area contributed by atoms with Crippen molar-refractivity contribution < 1.29 is 14.2 Å². The maximum absolute atomic E-state index is 13.2. The molecule has 0 saturated carbocycles. The Labute approximate surface area is 161 Å². The molecule has 0 amide bonds. The largest absolute Gasteiger partial charge is 0.497 e. The zero-order valence-corrected chi connectivity index (χ0v) is 16.3. The Morgan fingerprint density at radius 1 is 1.30 bits per heavy atom. The normalized spacial score (nSPS) is 17.2. The SMILES string of the molecule is COc1ccc(-c2csc3ncn(C[C@@H]4CCCOC4)c(=O)c23)c(OC)c1. The van der Waals surface area contributed by atoms with Gasteiger partial charge in [-0.25, -0.2) is 4.98 Å². The molecule has 0 radical (unpaired) electrons. The van der Waals surface area contributed by atoms with Crippen molar-refractivity contribution >= 4 is 21.6 Å². The number of nitrogens with zero attached hydrogens (tertiary/aromatic N) is 2. The number of fused-ring (bicyclic) bond motifs is 1. The number of aromatic nitrogens is 2. The molecule has 3 heterocycles. The van der Waals surface area contributed by atoms with Crippen molar-refractivity contribution in [3.63, 3.8) is 0 Å². The average Bonchev–Trinajstić information content (AvgIpc) is 3.15. The van der Waals surface area contributed by atoms with Crippen molar-refractivity contribution in [2.75, 3.05) is 27.4 Å². The van der Waals surface area contributed by atoms with E-state index in [0.717, 1.165) is 35.4 Å². The molecule has 3 aromatic rings. The summed E-state index contributed by atoms with van der Waals surface area (Å²) in [5.41, 5.74) is 1.70. The first-order valence-electron chi connectivity index (χ1n) is 8.98. The highest BCUT2D eigenvalue weighted by atomic mass is 32.1. The lowest BCUT2D eigenvalue weighted by Crippen LogP contribution is -2.28. The smallest absolute Gasteiger partial charge is 0.262 e. The average molecular weight is 386 g/mol. The maximum atomic E-state index is 13.2. The van der Waals surface area contributed by atoms with Crippen molar-refractivity contribution in [3.8, 4) is 22.6 Å². The number of benzene rings is 1. The van der Waals surface area contributed by atoms with Crippen LogP contribution in [0.1, 0.15) is 12.8 Å². The number of methoxy groups -OCH3 is 2. The van der Waals surface area contributed by atoms with Crippen LogP contribution in [0.3, 0.4) is 0 Å². The van der Waals surface area contributed by atoms with Crippen LogP contribution in [-0.4, -0.2) is 37.0 Å². The monoisotopic (exact) mass is 386 g/mol. The molecule has 0 N–H and O–H groups in total. The summed E-state index contributed by atoms with van der Waals surface area (Å²) in [6, 6.07) is 5.62. The fraction of sp³-hybridized carbons (Fsp3) is 0.400. The minimum Gasteiger partial charge on any atom is -0.497 e. The van der Waals surface area contributed by atoms with Crippen LogP contribution in [0.5, 0.6) is 11.5 Å². The summed E-state index contributed by atoms with van der Waals surface area (Å²) in [7, 11) is 3.23. The second-order valence-electron chi connectivity index (χ2n) is 6.68. The quantitative estimate of drug-likeness (QED) is 0.671. The zero-order valence-electron chi connectivity index (χ0n) is 15.4. The first-order chi connectivity index (χ1) is 13.2. The minimum atomic E-state index is -0.0142. The molecule has 1 aliphatic heterocycles. The summed E-state index contributed by atoms with van der Waals surface area (Å²) >= 11 is 1.47. The lowest BCUT2D eigenvalue weighted by molar-refractivity contribution is 0.0479. The summed E-state index contributed by atoms with van der Waals surface area (Å²) in [6.07, 6.45) is 3.78. The Morgan fingerprint density at radius 2 is 2.19 bits per heavy atom. The molecule has 1 aliphatic rings. The number of rotatable bonds is 5. The lowest BCUT2D eigenvalue weighted by atomic mass is 10.0. The molecule has 0 aliphatic carbocycles. The third-order valence-corrected chi connectivity index (χ3v) is 5.86. The molecule has 27 heavy (non-hydrogen) atoms. The van der Waals surface area contributed by atoms with Crippen LogP contribution < -0.4 is 15.0 Å². The van der Waals surface area contributed by atoms with E-state index in [0.29, 0.717) is 36.0 Å². The van der Waals surface area contributed by atoms with E-state index in [1.165, 1.54) is 11.3 Å². The van der Waals surface area contributed by atoms with Gasteiger partial charge >= 0.3 is 0 Å². The van der Waals surface area contributed by atoms with E-state index in [2.05, 4.69) is 4.98 Å². The molecule has 6 nitrogen and oxygen atoms in total. The van der Waals surface area contributed by atoms with Gasteiger partial charge in [0.25, 0.3) is 5.56 Å². The minimum absolute atomic E-state index is 0.0142. The van der Waals surface area contributed by atoms with Crippen LogP contribution in [0, 0.1) is 5.92 Å². The summed E-state index contributed by atoms with van der Waals surface area (Å²) in [6.45, 7) is 2.15. The van der Waals surface area contributed by atoms with Gasteiger partial charge in [-0.05, 0) is 25.0 Å². The first-order valence-corrected chi connectivity index (χ1v) is 9.86. The van der Waals surface area contributed by atoms with Crippen LogP contribution in [0.4, 0.5) is 0 Å². The Kier molecular flexibility index (Phi) is 5.13. The van der Waals surface area contributed by atoms with Crippen molar-refractivity contribution in [2.24, 2.45) is 5.92 Å². The molecule has 2 aromatic heterocycles. The molecular formula is C20H22N2O4S. The number of hydrogen-bond acceptors (Lipinski definition) is 6. The van der Waals surface area contributed by atoms with E-state index in [1.54, 1.807) is 25.1 Å². The Bertz CT molecular complexity index is 1000.